The molecule has 9 atom stereocenters. The highest BCUT2D eigenvalue weighted by Gasteiger charge is 2.50. The number of aliphatic hydroxyl groups excluding tert-OH is 1. The topological polar surface area (TPSA) is 221 Å². The number of aliphatic hydroxyl groups is 1. The van der Waals surface area contributed by atoms with Crippen LogP contribution in [0.4, 0.5) is 0 Å². The van der Waals surface area contributed by atoms with E-state index >= 15 is 0 Å². The summed E-state index contributed by atoms with van der Waals surface area (Å²) in [5, 5.41) is 18.7. The van der Waals surface area contributed by atoms with Crippen molar-refractivity contribution in [3.63, 3.8) is 0 Å². The van der Waals surface area contributed by atoms with E-state index < -0.39 is 75.2 Å². The van der Waals surface area contributed by atoms with Crippen molar-refractivity contribution in [3.05, 3.63) is 35.9 Å². The van der Waals surface area contributed by atoms with E-state index in [1.165, 1.54) is 96.3 Å². The molecule has 18 heteroatoms. The fourth-order valence-corrected chi connectivity index (χ4v) is 13.5. The largest absolute Gasteiger partial charge is 0.462 e. The Labute approximate surface area is 609 Å². The van der Waals surface area contributed by atoms with Gasteiger partial charge in [-0.3, -0.25) is 28.8 Å². The molecular formula is C82H148N2O15Si. The highest BCUT2D eigenvalue weighted by molar-refractivity contribution is 6.74. The number of carbonyl (C=O) groups is 6. The van der Waals surface area contributed by atoms with Crippen molar-refractivity contribution in [1.82, 2.24) is 10.6 Å². The Morgan fingerprint density at radius 2 is 0.870 bits per heavy atom. The van der Waals surface area contributed by atoms with Crippen LogP contribution in [0, 0.1) is 0 Å². The van der Waals surface area contributed by atoms with E-state index in [4.69, 9.17) is 37.6 Å². The van der Waals surface area contributed by atoms with Crippen LogP contribution in [0.25, 0.3) is 0 Å². The molecule has 0 saturated carbocycles. The lowest BCUT2D eigenvalue weighted by atomic mass is 9.96. The van der Waals surface area contributed by atoms with Crippen molar-refractivity contribution < 1.29 is 71.5 Å². The summed E-state index contributed by atoms with van der Waals surface area (Å²) in [6, 6.07) is 7.47. The molecular weight excluding hydrogens is 1280 g/mol. The summed E-state index contributed by atoms with van der Waals surface area (Å²) in [5.74, 6) is -2.75. The Balaban J connectivity index is 2.76. The number of rotatable bonds is 64. The number of benzene rings is 1. The average Bonchev–Trinajstić information content (AvgIpc) is 0.824. The molecule has 0 radical (unpaired) electrons. The first-order chi connectivity index (χ1) is 48.2. The third-order valence-corrected chi connectivity index (χ3v) is 24.4. The van der Waals surface area contributed by atoms with Crippen LogP contribution in [0.1, 0.15) is 357 Å². The Bertz CT molecular complexity index is 2230. The molecule has 2 rings (SSSR count). The molecule has 0 bridgehead atoms. The van der Waals surface area contributed by atoms with E-state index in [1.807, 2.05) is 30.3 Å². The summed E-state index contributed by atoms with van der Waals surface area (Å²) < 4.78 is 51.5. The molecule has 0 spiro atoms. The number of esters is 4. The highest BCUT2D eigenvalue weighted by Crippen LogP contribution is 2.38. The SMILES string of the molecule is CCCCCCCCCCC[C@H](CC(=O)N[C@H](COCc1ccccc1)CO[C@@H]1O[C@H](CO[Si](C)(C)C(C)(C)C)[C@@H](O)[C@H](OC(=O)C[C@@H](CCCCCCCCCCC)OC(=O)CCCCC)[C@H]1NC(=O)C[C@@H](CCCCCCCCCCC)OC(=O)CCCCC)OC(=O)CCCCC. The summed E-state index contributed by atoms with van der Waals surface area (Å²) in [6.07, 6.45) is 30.9. The second-order valence-corrected chi connectivity index (χ2v) is 35.2. The molecule has 3 N–H and O–H groups in total. The maximum atomic E-state index is 15.0. The van der Waals surface area contributed by atoms with E-state index in [-0.39, 0.29) is 93.8 Å². The van der Waals surface area contributed by atoms with Gasteiger partial charge < -0.3 is 53.3 Å². The standard InChI is InChI=1S/C82H148N2O15Si/c1-12-18-24-27-30-33-36-39-48-53-68(95-74(87)56-43-21-15-4)59-72(85)83-67(63-92-62-66-51-46-42-47-52-66)64-93-81-78(84-73(86)60-69(96-75(88)57-44-22-16-5)54-49-40-37-34-31-28-25-19-13-2)80(79(91)71(98-81)65-94-100(10,11)82(7,8)9)99-77(90)61-70(97-76(89)58-45-23-17-6)55-50-41-38-35-32-29-26-20-14-3/h42,46-47,51-52,67-71,78-81,91H,12-41,43-45,48-50,53-65H2,1-11H3,(H,83,85)(H,84,86)/t67-,68-,69-,70-,71-,78-,79-,80-,81-/m1/s1. The fraction of sp³-hybridized carbons (Fsp3) is 0.854. The second kappa shape index (κ2) is 58.3. The maximum absolute atomic E-state index is 15.0. The van der Waals surface area contributed by atoms with Gasteiger partial charge in [-0.15, -0.1) is 0 Å². The van der Waals surface area contributed by atoms with Gasteiger partial charge in [0.2, 0.25) is 11.8 Å². The smallest absolute Gasteiger partial charge is 0.310 e. The van der Waals surface area contributed by atoms with Crippen LogP contribution in [0.15, 0.2) is 30.3 Å². The Morgan fingerprint density at radius 3 is 1.28 bits per heavy atom. The molecule has 1 saturated heterocycles. The summed E-state index contributed by atoms with van der Waals surface area (Å²) in [6.45, 7) is 23.2. The number of hydrogen-bond donors (Lipinski definition) is 3. The minimum absolute atomic E-state index is 0.0231. The lowest BCUT2D eigenvalue weighted by Crippen LogP contribution is -2.66. The minimum atomic E-state index is -2.53. The molecule has 1 aromatic carbocycles. The normalized spacial score (nSPS) is 17.6. The van der Waals surface area contributed by atoms with E-state index in [2.05, 4.69) is 86.0 Å². The van der Waals surface area contributed by atoms with Crippen LogP contribution in [0.3, 0.4) is 0 Å². The summed E-state index contributed by atoms with van der Waals surface area (Å²) in [5.41, 5.74) is 0.913. The van der Waals surface area contributed by atoms with Gasteiger partial charge in [0.25, 0.3) is 0 Å². The van der Waals surface area contributed by atoms with Gasteiger partial charge in [-0.25, -0.2) is 0 Å². The molecule has 17 nitrogen and oxygen atoms in total. The van der Waals surface area contributed by atoms with Crippen molar-refractivity contribution in [2.24, 2.45) is 0 Å². The van der Waals surface area contributed by atoms with E-state index in [1.54, 1.807) is 0 Å². The number of hydrogen-bond acceptors (Lipinski definition) is 15. The lowest BCUT2D eigenvalue weighted by molar-refractivity contribution is -0.274. The van der Waals surface area contributed by atoms with E-state index in [9.17, 15) is 33.9 Å². The highest BCUT2D eigenvalue weighted by atomic mass is 28.4. The van der Waals surface area contributed by atoms with Crippen LogP contribution in [0.2, 0.25) is 18.1 Å². The third-order valence-electron chi connectivity index (χ3n) is 19.9. The zero-order valence-corrected chi connectivity index (χ0v) is 66.4. The second-order valence-electron chi connectivity index (χ2n) is 30.4. The molecule has 580 valence electrons. The first-order valence-electron chi connectivity index (χ1n) is 40.8. The van der Waals surface area contributed by atoms with Crippen LogP contribution < -0.4 is 10.6 Å². The molecule has 1 aromatic rings. The van der Waals surface area contributed by atoms with E-state index in [0.29, 0.717) is 38.5 Å². The zero-order chi connectivity index (χ0) is 73.5. The molecule has 0 unspecified atom stereocenters. The quantitative estimate of drug-likeness (QED) is 0.0239. The van der Waals surface area contributed by atoms with E-state index in [0.717, 1.165) is 121 Å². The van der Waals surface area contributed by atoms with Crippen molar-refractivity contribution >= 4 is 44.0 Å². The fourth-order valence-electron chi connectivity index (χ4n) is 12.5. The summed E-state index contributed by atoms with van der Waals surface area (Å²) >= 11 is 0. The van der Waals surface area contributed by atoms with Crippen molar-refractivity contribution in [2.45, 2.75) is 431 Å². The number of carbonyl (C=O) groups excluding carboxylic acids is 6. The van der Waals surface area contributed by atoms with Crippen molar-refractivity contribution in [2.75, 3.05) is 19.8 Å². The molecule has 0 aromatic heterocycles. The molecule has 1 fully saturated rings. The van der Waals surface area contributed by atoms with Gasteiger partial charge in [-0.1, -0.05) is 285 Å². The Morgan fingerprint density at radius 1 is 0.490 bits per heavy atom. The first-order valence-corrected chi connectivity index (χ1v) is 43.7. The maximum Gasteiger partial charge on any atom is 0.310 e. The van der Waals surface area contributed by atoms with Crippen LogP contribution >= 0.6 is 0 Å². The predicted octanol–water partition coefficient (Wildman–Crippen LogP) is 19.6. The number of unbranched alkanes of at least 4 members (excludes halogenated alkanes) is 30. The molecule has 1 aliphatic rings. The van der Waals surface area contributed by atoms with Gasteiger partial charge >= 0.3 is 23.9 Å². The predicted molar refractivity (Wildman–Crippen MR) is 405 cm³/mol. The molecule has 0 aliphatic carbocycles. The lowest BCUT2D eigenvalue weighted by Gasteiger charge is -2.46. The molecule has 1 aliphatic heterocycles. The zero-order valence-electron chi connectivity index (χ0n) is 65.4. The minimum Gasteiger partial charge on any atom is -0.462 e. The van der Waals surface area contributed by atoms with Crippen molar-refractivity contribution in [3.8, 4) is 0 Å². The van der Waals surface area contributed by atoms with Gasteiger partial charge in [0, 0.05) is 19.3 Å². The molecule has 2 amide bonds. The Kier molecular flexibility index (Phi) is 53.8. The summed E-state index contributed by atoms with van der Waals surface area (Å²) in [4.78, 5) is 84.6. The van der Waals surface area contributed by atoms with Crippen molar-refractivity contribution in [1.29, 1.82) is 0 Å². The molecule has 100 heavy (non-hydrogen) atoms. The van der Waals surface area contributed by atoms with Gasteiger partial charge in [0.15, 0.2) is 20.7 Å². The number of amides is 2. The molecule has 1 heterocycles. The van der Waals surface area contributed by atoms with Crippen LogP contribution in [0.5, 0.6) is 0 Å². The van der Waals surface area contributed by atoms with Gasteiger partial charge in [-0.05, 0) is 81.5 Å². The van der Waals surface area contributed by atoms with Gasteiger partial charge in [0.05, 0.1) is 51.7 Å². The van der Waals surface area contributed by atoms with Gasteiger partial charge in [-0.2, -0.15) is 0 Å². The Hall–Kier alpha value is -3.94. The van der Waals surface area contributed by atoms with Crippen LogP contribution in [-0.2, 0) is 73.0 Å². The average molecular weight is 1430 g/mol. The number of ether oxygens (including phenoxy) is 7. The van der Waals surface area contributed by atoms with Crippen LogP contribution in [-0.4, -0.2) is 124 Å². The first kappa shape index (κ1) is 92.1. The summed E-state index contributed by atoms with van der Waals surface area (Å²) in [7, 11) is -2.53. The number of nitrogens with one attached hydrogen (secondary N) is 2. The third kappa shape index (κ3) is 45.3. The van der Waals surface area contributed by atoms with Gasteiger partial charge in [0.1, 0.15) is 36.6 Å². The monoisotopic (exact) mass is 1430 g/mol.